The number of hydrogen-bond acceptors (Lipinski definition) is 5. The Balaban J connectivity index is 2.19. The molecule has 0 N–H and O–H groups in total. The van der Waals surface area contributed by atoms with E-state index in [-0.39, 0.29) is 0 Å². The molecule has 0 saturated carbocycles. The summed E-state index contributed by atoms with van der Waals surface area (Å²) in [5.74, 6) is 0.688. The van der Waals surface area contributed by atoms with Crippen LogP contribution in [0.4, 0.5) is 5.82 Å². The Bertz CT molecular complexity index is 376. The second-order valence-corrected chi connectivity index (χ2v) is 3.45. The lowest BCUT2D eigenvalue weighted by Crippen LogP contribution is -2.44. The molecule has 2 heterocycles. The lowest BCUT2D eigenvalue weighted by Gasteiger charge is -2.33. The van der Waals surface area contributed by atoms with Crippen molar-refractivity contribution in [3.63, 3.8) is 0 Å². The molecule has 0 aliphatic carbocycles. The minimum Gasteiger partial charge on any atom is -0.352 e. The summed E-state index contributed by atoms with van der Waals surface area (Å²) in [6.45, 7) is 3.47. The summed E-state index contributed by atoms with van der Waals surface area (Å²) < 4.78 is 0. The quantitative estimate of drug-likeness (QED) is 0.654. The van der Waals surface area contributed by atoms with E-state index in [1.807, 2.05) is 4.90 Å². The molecule has 0 bridgehead atoms. The maximum atomic E-state index is 8.90. The Morgan fingerprint density at radius 2 is 1.87 bits per heavy atom. The van der Waals surface area contributed by atoms with E-state index in [0.29, 0.717) is 11.5 Å². The maximum absolute atomic E-state index is 8.90. The minimum atomic E-state index is 0.398. The average molecular weight is 202 g/mol. The zero-order valence-corrected chi connectivity index (χ0v) is 8.43. The van der Waals surface area contributed by atoms with Gasteiger partial charge in [0.05, 0.1) is 0 Å². The van der Waals surface area contributed by atoms with Crippen LogP contribution in [0.2, 0.25) is 0 Å². The highest BCUT2D eigenvalue weighted by molar-refractivity contribution is 5.49. The summed E-state index contributed by atoms with van der Waals surface area (Å²) in [6.07, 6.45) is 3.16. The smallest absolute Gasteiger partial charge is 0.183 e. The molecule has 1 aromatic heterocycles. The fraction of sp³-hybridized carbons (Fsp3) is 0.400. The van der Waals surface area contributed by atoms with Gasteiger partial charge in [0.1, 0.15) is 6.07 Å². The third-order valence-corrected chi connectivity index (χ3v) is 2.46. The third kappa shape index (κ3) is 2.05. The molecule has 0 amide bonds. The number of anilines is 1. The summed E-state index contributed by atoms with van der Waals surface area (Å²) in [7, 11) is 3.87. The van der Waals surface area contributed by atoms with Crippen LogP contribution >= 0.6 is 0 Å². The van der Waals surface area contributed by atoms with E-state index in [1.165, 1.54) is 0 Å². The van der Waals surface area contributed by atoms with Crippen molar-refractivity contribution in [2.45, 2.75) is 0 Å². The molecule has 1 radical (unpaired) electrons. The van der Waals surface area contributed by atoms with Crippen LogP contribution in [0.15, 0.2) is 12.4 Å². The Morgan fingerprint density at radius 3 is 2.53 bits per heavy atom. The van der Waals surface area contributed by atoms with E-state index in [4.69, 9.17) is 5.26 Å². The van der Waals surface area contributed by atoms with Gasteiger partial charge in [-0.2, -0.15) is 5.26 Å². The maximum Gasteiger partial charge on any atom is 0.183 e. The first kappa shape index (κ1) is 9.87. The molecule has 0 spiro atoms. The van der Waals surface area contributed by atoms with Gasteiger partial charge in [-0.25, -0.2) is 9.97 Å². The van der Waals surface area contributed by atoms with Crippen molar-refractivity contribution in [3.8, 4) is 6.07 Å². The fourth-order valence-electron chi connectivity index (χ4n) is 1.60. The lowest BCUT2D eigenvalue weighted by atomic mass is 10.3. The molecule has 1 fully saturated rings. The first-order valence-corrected chi connectivity index (χ1v) is 4.83. The van der Waals surface area contributed by atoms with E-state index in [9.17, 15) is 0 Å². The molecule has 2 rings (SSSR count). The number of hydrogen-bond donors (Lipinski definition) is 0. The van der Waals surface area contributed by atoms with Crippen molar-refractivity contribution in [1.82, 2.24) is 14.9 Å². The van der Waals surface area contributed by atoms with Gasteiger partial charge in [0, 0.05) is 45.6 Å². The van der Waals surface area contributed by atoms with Crippen LogP contribution in [0.1, 0.15) is 5.69 Å². The second kappa shape index (κ2) is 4.24. The molecule has 1 saturated heterocycles. The Labute approximate surface area is 89.0 Å². The van der Waals surface area contributed by atoms with Crippen molar-refractivity contribution < 1.29 is 0 Å². The zero-order valence-electron chi connectivity index (χ0n) is 8.43. The van der Waals surface area contributed by atoms with E-state index >= 15 is 0 Å². The van der Waals surface area contributed by atoms with Crippen molar-refractivity contribution in [2.24, 2.45) is 0 Å². The van der Waals surface area contributed by atoms with Crippen molar-refractivity contribution in [3.05, 3.63) is 25.1 Å². The standard InChI is InChI=1S/C10H12N5/c1-14-4-6-15(7-5-14)10-9(8-11)12-2-3-13-10/h2-3H,1,4-7H2. The monoisotopic (exact) mass is 202 g/mol. The van der Waals surface area contributed by atoms with Crippen molar-refractivity contribution in [1.29, 1.82) is 5.26 Å². The molecular weight excluding hydrogens is 190 g/mol. The summed E-state index contributed by atoms with van der Waals surface area (Å²) >= 11 is 0. The highest BCUT2D eigenvalue weighted by Crippen LogP contribution is 2.15. The summed E-state index contributed by atoms with van der Waals surface area (Å²) in [5.41, 5.74) is 0.398. The van der Waals surface area contributed by atoms with E-state index in [0.717, 1.165) is 26.2 Å². The molecule has 77 valence electrons. The van der Waals surface area contributed by atoms with Crippen LogP contribution in [-0.2, 0) is 0 Å². The normalized spacial score (nSPS) is 17.5. The van der Waals surface area contributed by atoms with Gasteiger partial charge in [-0.3, -0.25) is 4.90 Å². The molecule has 5 nitrogen and oxygen atoms in total. The van der Waals surface area contributed by atoms with Crippen molar-refractivity contribution in [2.75, 3.05) is 31.1 Å². The lowest BCUT2D eigenvalue weighted by molar-refractivity contribution is 0.343. The van der Waals surface area contributed by atoms with Crippen LogP contribution in [0, 0.1) is 18.4 Å². The number of piperazine rings is 1. The minimum absolute atomic E-state index is 0.398. The average Bonchev–Trinajstić information content (AvgIpc) is 2.30. The Kier molecular flexibility index (Phi) is 2.79. The van der Waals surface area contributed by atoms with Gasteiger partial charge in [-0.05, 0) is 0 Å². The highest BCUT2D eigenvalue weighted by Gasteiger charge is 2.18. The number of nitrogens with zero attached hydrogens (tertiary/aromatic N) is 5. The van der Waals surface area contributed by atoms with Crippen LogP contribution in [-0.4, -0.2) is 41.0 Å². The summed E-state index contributed by atoms with van der Waals surface area (Å²) in [5, 5.41) is 8.90. The molecular formula is C10H12N5. The third-order valence-electron chi connectivity index (χ3n) is 2.46. The highest BCUT2D eigenvalue weighted by atomic mass is 15.3. The van der Waals surface area contributed by atoms with E-state index < -0.39 is 0 Å². The van der Waals surface area contributed by atoms with Gasteiger partial charge in [-0.1, -0.05) is 0 Å². The fourth-order valence-corrected chi connectivity index (χ4v) is 1.60. The van der Waals surface area contributed by atoms with Gasteiger partial charge >= 0.3 is 0 Å². The van der Waals surface area contributed by atoms with Gasteiger partial charge in [-0.15, -0.1) is 0 Å². The predicted molar refractivity (Wildman–Crippen MR) is 55.9 cm³/mol. The van der Waals surface area contributed by atoms with Gasteiger partial charge < -0.3 is 4.90 Å². The molecule has 15 heavy (non-hydrogen) atoms. The Hall–Kier alpha value is -1.67. The number of nitriles is 1. The van der Waals surface area contributed by atoms with Gasteiger partial charge in [0.15, 0.2) is 11.5 Å². The first-order chi connectivity index (χ1) is 7.31. The van der Waals surface area contributed by atoms with E-state index in [1.54, 1.807) is 12.4 Å². The van der Waals surface area contributed by atoms with E-state index in [2.05, 4.69) is 28.0 Å². The molecule has 1 aliphatic heterocycles. The molecule has 1 aromatic rings. The largest absolute Gasteiger partial charge is 0.352 e. The van der Waals surface area contributed by atoms with Crippen molar-refractivity contribution >= 4 is 5.82 Å². The molecule has 0 unspecified atom stereocenters. The summed E-state index contributed by atoms with van der Waals surface area (Å²) in [4.78, 5) is 12.3. The van der Waals surface area contributed by atoms with Crippen LogP contribution < -0.4 is 4.90 Å². The topological polar surface area (TPSA) is 56.1 Å². The number of rotatable bonds is 1. The molecule has 0 aromatic carbocycles. The van der Waals surface area contributed by atoms with Gasteiger partial charge in [0.2, 0.25) is 0 Å². The molecule has 5 heteroatoms. The SMILES string of the molecule is [CH2]N1CCN(c2nccnc2C#N)CC1. The summed E-state index contributed by atoms with van der Waals surface area (Å²) in [6, 6.07) is 2.06. The second-order valence-electron chi connectivity index (χ2n) is 3.45. The van der Waals surface area contributed by atoms with Crippen LogP contribution in [0.25, 0.3) is 0 Å². The number of aromatic nitrogens is 2. The predicted octanol–water partition coefficient (Wildman–Crippen LogP) is 0.262. The zero-order chi connectivity index (χ0) is 10.7. The van der Waals surface area contributed by atoms with Crippen LogP contribution in [0.5, 0.6) is 0 Å². The molecule has 0 atom stereocenters. The van der Waals surface area contributed by atoms with Gasteiger partial charge in [0.25, 0.3) is 0 Å². The first-order valence-electron chi connectivity index (χ1n) is 4.83. The molecule has 1 aliphatic rings. The Morgan fingerprint density at radius 1 is 1.20 bits per heavy atom. The van der Waals surface area contributed by atoms with Crippen LogP contribution in [0.3, 0.4) is 0 Å².